The zero-order valence-corrected chi connectivity index (χ0v) is 8.03. The highest BCUT2D eigenvalue weighted by Crippen LogP contribution is 2.21. The van der Waals surface area contributed by atoms with Crippen molar-refractivity contribution in [3.05, 3.63) is 0 Å². The fourth-order valence-electron chi connectivity index (χ4n) is 1.81. The molecule has 1 fully saturated rings. The first kappa shape index (κ1) is 8.94. The Morgan fingerprint density at radius 2 is 2.27 bits per heavy atom. The minimum atomic E-state index is 0.617. The number of hydrogen-bond donors (Lipinski definition) is 1. The van der Waals surface area contributed by atoms with Crippen LogP contribution >= 0.6 is 12.2 Å². The molecule has 0 aromatic rings. The summed E-state index contributed by atoms with van der Waals surface area (Å²) in [6.45, 7) is 6.46. The summed E-state index contributed by atoms with van der Waals surface area (Å²) in [4.78, 5) is 2.97. The van der Waals surface area contributed by atoms with Crippen molar-refractivity contribution >= 4 is 17.2 Å². The van der Waals surface area contributed by atoms with E-state index in [2.05, 4.69) is 18.7 Å². The third-order valence-electron chi connectivity index (χ3n) is 2.27. The Kier molecular flexibility index (Phi) is 2.84. The lowest BCUT2D eigenvalue weighted by Crippen LogP contribution is -2.35. The van der Waals surface area contributed by atoms with E-state index in [9.17, 15) is 0 Å². The highest BCUT2D eigenvalue weighted by Gasteiger charge is 2.25. The number of hydrogen-bond acceptors (Lipinski definition) is 2. The standard InChI is InChI=1S/C8H16N2S/c1-6-3-7(2)10(4-6)5-8(9)11/h6-7H,3-5H2,1-2H3,(H2,9,11). The quantitative estimate of drug-likeness (QED) is 0.630. The van der Waals surface area contributed by atoms with Crippen LogP contribution in [0.25, 0.3) is 0 Å². The largest absolute Gasteiger partial charge is 0.392 e. The van der Waals surface area contributed by atoms with Crippen LogP contribution in [-0.4, -0.2) is 29.0 Å². The second-order valence-corrected chi connectivity index (χ2v) is 4.11. The smallest absolute Gasteiger partial charge is 0.0870 e. The van der Waals surface area contributed by atoms with Gasteiger partial charge in [-0.25, -0.2) is 0 Å². The molecule has 2 unspecified atom stereocenters. The molecule has 0 bridgehead atoms. The van der Waals surface area contributed by atoms with Crippen molar-refractivity contribution in [2.45, 2.75) is 26.3 Å². The molecule has 0 aromatic carbocycles. The van der Waals surface area contributed by atoms with E-state index in [0.717, 1.165) is 19.0 Å². The van der Waals surface area contributed by atoms with Gasteiger partial charge in [0.2, 0.25) is 0 Å². The number of likely N-dealkylation sites (tertiary alicyclic amines) is 1. The normalized spacial score (nSPS) is 32.5. The summed E-state index contributed by atoms with van der Waals surface area (Å²) < 4.78 is 0. The molecule has 11 heavy (non-hydrogen) atoms. The number of nitrogens with zero attached hydrogens (tertiary/aromatic N) is 1. The van der Waals surface area contributed by atoms with E-state index >= 15 is 0 Å². The van der Waals surface area contributed by atoms with E-state index in [1.165, 1.54) is 6.42 Å². The molecule has 1 aliphatic heterocycles. The first-order valence-corrected chi connectivity index (χ1v) is 4.52. The van der Waals surface area contributed by atoms with Gasteiger partial charge in [-0.05, 0) is 19.3 Å². The predicted octanol–water partition coefficient (Wildman–Crippen LogP) is 1.00. The predicted molar refractivity (Wildman–Crippen MR) is 51.6 cm³/mol. The maximum absolute atomic E-state index is 5.47. The molecule has 3 heteroatoms. The lowest BCUT2D eigenvalue weighted by molar-refractivity contribution is 0.303. The number of thiocarbonyl (C=S) groups is 1. The molecule has 0 aromatic heterocycles. The van der Waals surface area contributed by atoms with Crippen molar-refractivity contribution in [1.82, 2.24) is 4.90 Å². The molecule has 2 N–H and O–H groups in total. The van der Waals surface area contributed by atoms with Crippen molar-refractivity contribution in [2.24, 2.45) is 11.7 Å². The van der Waals surface area contributed by atoms with Gasteiger partial charge in [-0.15, -0.1) is 0 Å². The van der Waals surface area contributed by atoms with Crippen LogP contribution in [-0.2, 0) is 0 Å². The van der Waals surface area contributed by atoms with Crippen LogP contribution in [0.2, 0.25) is 0 Å². The Labute approximate surface area is 73.7 Å². The average molecular weight is 172 g/mol. The summed E-state index contributed by atoms with van der Waals surface area (Å²) in [7, 11) is 0. The minimum absolute atomic E-state index is 0.617. The summed E-state index contributed by atoms with van der Waals surface area (Å²) >= 11 is 4.86. The van der Waals surface area contributed by atoms with Gasteiger partial charge in [0.25, 0.3) is 0 Å². The molecule has 1 aliphatic rings. The van der Waals surface area contributed by atoms with Gasteiger partial charge in [-0.2, -0.15) is 0 Å². The van der Waals surface area contributed by atoms with Crippen LogP contribution in [0.5, 0.6) is 0 Å². The fraction of sp³-hybridized carbons (Fsp3) is 0.875. The average Bonchev–Trinajstić information content (AvgIpc) is 2.09. The minimum Gasteiger partial charge on any atom is -0.392 e. The van der Waals surface area contributed by atoms with Crippen LogP contribution in [0, 0.1) is 5.92 Å². The maximum atomic E-state index is 5.47. The lowest BCUT2D eigenvalue weighted by Gasteiger charge is -2.19. The summed E-state index contributed by atoms with van der Waals surface area (Å²) in [5.41, 5.74) is 5.47. The van der Waals surface area contributed by atoms with Crippen molar-refractivity contribution in [1.29, 1.82) is 0 Å². The Bertz CT molecular complexity index is 158. The van der Waals surface area contributed by atoms with Crippen LogP contribution in [0.1, 0.15) is 20.3 Å². The van der Waals surface area contributed by atoms with Gasteiger partial charge in [0.05, 0.1) is 4.99 Å². The third-order valence-corrected chi connectivity index (χ3v) is 2.40. The van der Waals surface area contributed by atoms with Gasteiger partial charge in [0.15, 0.2) is 0 Å². The monoisotopic (exact) mass is 172 g/mol. The lowest BCUT2D eigenvalue weighted by atomic mass is 10.1. The van der Waals surface area contributed by atoms with Crippen LogP contribution < -0.4 is 5.73 Å². The highest BCUT2D eigenvalue weighted by atomic mass is 32.1. The van der Waals surface area contributed by atoms with Gasteiger partial charge >= 0.3 is 0 Å². The molecule has 0 spiro atoms. The molecule has 0 radical (unpaired) electrons. The zero-order chi connectivity index (χ0) is 8.43. The summed E-state index contributed by atoms with van der Waals surface area (Å²) in [5, 5.41) is 0. The van der Waals surface area contributed by atoms with E-state index in [1.54, 1.807) is 0 Å². The number of nitrogens with two attached hydrogens (primary N) is 1. The van der Waals surface area contributed by atoms with Crippen LogP contribution in [0.3, 0.4) is 0 Å². The Morgan fingerprint density at radius 3 is 2.64 bits per heavy atom. The Hall–Kier alpha value is -0.150. The summed E-state index contributed by atoms with van der Waals surface area (Å²) in [6.07, 6.45) is 1.28. The molecule has 2 atom stereocenters. The number of rotatable bonds is 2. The van der Waals surface area contributed by atoms with Crippen molar-refractivity contribution in [2.75, 3.05) is 13.1 Å². The molecule has 1 saturated heterocycles. The molecular formula is C8H16N2S. The molecule has 1 heterocycles. The highest BCUT2D eigenvalue weighted by molar-refractivity contribution is 7.80. The molecule has 1 rings (SSSR count). The van der Waals surface area contributed by atoms with Gasteiger partial charge in [0.1, 0.15) is 0 Å². The molecule has 0 amide bonds. The van der Waals surface area contributed by atoms with Crippen LogP contribution in [0.15, 0.2) is 0 Å². The van der Waals surface area contributed by atoms with E-state index in [1.807, 2.05) is 0 Å². The Morgan fingerprint density at radius 1 is 1.64 bits per heavy atom. The first-order valence-electron chi connectivity index (χ1n) is 4.12. The zero-order valence-electron chi connectivity index (χ0n) is 7.21. The molecule has 0 aliphatic carbocycles. The van der Waals surface area contributed by atoms with Crippen molar-refractivity contribution in [3.63, 3.8) is 0 Å². The fourth-order valence-corrected chi connectivity index (χ4v) is 1.97. The maximum Gasteiger partial charge on any atom is 0.0870 e. The van der Waals surface area contributed by atoms with E-state index in [4.69, 9.17) is 18.0 Å². The summed E-state index contributed by atoms with van der Waals surface area (Å²) in [6, 6.07) is 0.659. The second kappa shape index (κ2) is 3.50. The Balaban J connectivity index is 2.40. The third kappa shape index (κ3) is 2.42. The van der Waals surface area contributed by atoms with E-state index < -0.39 is 0 Å². The second-order valence-electron chi connectivity index (χ2n) is 3.59. The first-order chi connectivity index (χ1) is 5.09. The molecular weight excluding hydrogens is 156 g/mol. The molecule has 0 saturated carbocycles. The van der Waals surface area contributed by atoms with Gasteiger partial charge < -0.3 is 5.73 Å². The topological polar surface area (TPSA) is 29.3 Å². The summed E-state index contributed by atoms with van der Waals surface area (Å²) in [5.74, 6) is 0.805. The van der Waals surface area contributed by atoms with E-state index in [-0.39, 0.29) is 0 Å². The van der Waals surface area contributed by atoms with Gasteiger partial charge in [-0.1, -0.05) is 19.1 Å². The van der Waals surface area contributed by atoms with Crippen LogP contribution in [0.4, 0.5) is 0 Å². The SMILES string of the molecule is CC1CC(C)N(CC(N)=S)C1. The molecule has 64 valence electrons. The van der Waals surface area contributed by atoms with Gasteiger partial charge in [-0.3, -0.25) is 4.90 Å². The van der Waals surface area contributed by atoms with Crippen molar-refractivity contribution in [3.8, 4) is 0 Å². The van der Waals surface area contributed by atoms with E-state index in [0.29, 0.717) is 11.0 Å². The molecule has 2 nitrogen and oxygen atoms in total. The van der Waals surface area contributed by atoms with Crippen molar-refractivity contribution < 1.29 is 0 Å². The van der Waals surface area contributed by atoms with Gasteiger partial charge in [0, 0.05) is 19.1 Å².